The van der Waals surface area contributed by atoms with E-state index in [1.807, 2.05) is 39.0 Å². The largest absolute Gasteiger partial charge is 0.347 e. The van der Waals surface area contributed by atoms with Crippen LogP contribution in [0.25, 0.3) is 21.9 Å². The highest BCUT2D eigenvalue weighted by Crippen LogP contribution is 2.34. The lowest BCUT2D eigenvalue weighted by atomic mass is 9.99. The van der Waals surface area contributed by atoms with E-state index in [4.69, 9.17) is 6.57 Å². The number of hydrogen-bond acceptors (Lipinski definition) is 5. The van der Waals surface area contributed by atoms with Gasteiger partial charge in [0.25, 0.3) is 0 Å². The van der Waals surface area contributed by atoms with E-state index < -0.39 is 11.8 Å². The maximum absolute atomic E-state index is 15.0. The van der Waals surface area contributed by atoms with Crippen molar-refractivity contribution in [2.24, 2.45) is 4.99 Å². The number of benzene rings is 3. The Morgan fingerprint density at radius 3 is 2.62 bits per heavy atom. The number of carbonyl (C=O) groups is 2. The summed E-state index contributed by atoms with van der Waals surface area (Å²) in [6, 6.07) is 16.1. The molecule has 200 valence electrons. The Labute approximate surface area is 234 Å². The number of rotatable bonds is 5. The molecule has 9 nitrogen and oxygen atoms in total. The van der Waals surface area contributed by atoms with E-state index in [-0.39, 0.29) is 28.4 Å². The SMILES string of the molecule is [C-]#[N+]c1ccc(-n2cnc(-c3ccc(NC(=O)/N=C4\SCC(=O)N4c4cc(C)ccc4C(C)C)c(F)c3)n2)cc1. The smallest absolute Gasteiger partial charge is 0.303 e. The van der Waals surface area contributed by atoms with Crippen LogP contribution in [0.5, 0.6) is 0 Å². The van der Waals surface area contributed by atoms with Crippen LogP contribution in [0.3, 0.4) is 0 Å². The zero-order chi connectivity index (χ0) is 28.4. The van der Waals surface area contributed by atoms with Gasteiger partial charge in [0, 0.05) is 5.56 Å². The minimum atomic E-state index is -0.794. The van der Waals surface area contributed by atoms with Crippen molar-refractivity contribution in [3.05, 3.63) is 95.4 Å². The second kappa shape index (κ2) is 11.1. The fourth-order valence-corrected chi connectivity index (χ4v) is 5.06. The number of amidine groups is 1. The molecule has 1 aliphatic heterocycles. The molecule has 0 saturated carbocycles. The Morgan fingerprint density at radius 1 is 1.15 bits per heavy atom. The molecular weight excluding hydrogens is 529 g/mol. The average Bonchev–Trinajstić information content (AvgIpc) is 3.57. The van der Waals surface area contributed by atoms with Gasteiger partial charge in [-0.1, -0.05) is 49.9 Å². The highest BCUT2D eigenvalue weighted by Gasteiger charge is 2.32. The molecule has 0 bridgehead atoms. The van der Waals surface area contributed by atoms with E-state index in [1.165, 1.54) is 28.0 Å². The van der Waals surface area contributed by atoms with Gasteiger partial charge in [0.05, 0.1) is 29.4 Å². The van der Waals surface area contributed by atoms with Crippen LogP contribution in [0.15, 0.2) is 72.0 Å². The van der Waals surface area contributed by atoms with Crippen LogP contribution < -0.4 is 10.2 Å². The van der Waals surface area contributed by atoms with E-state index in [1.54, 1.807) is 30.3 Å². The maximum Gasteiger partial charge on any atom is 0.347 e. The molecule has 3 amide bonds. The van der Waals surface area contributed by atoms with Gasteiger partial charge in [0.15, 0.2) is 16.7 Å². The fourth-order valence-electron chi connectivity index (χ4n) is 4.20. The van der Waals surface area contributed by atoms with E-state index in [9.17, 15) is 14.0 Å². The van der Waals surface area contributed by atoms with Crippen molar-refractivity contribution in [3.8, 4) is 17.1 Å². The molecule has 1 aliphatic rings. The predicted molar refractivity (Wildman–Crippen MR) is 155 cm³/mol. The topological polar surface area (TPSA) is 96.8 Å². The normalized spacial score (nSPS) is 14.2. The summed E-state index contributed by atoms with van der Waals surface area (Å²) in [6.07, 6.45) is 1.50. The first-order valence-corrected chi connectivity index (χ1v) is 13.4. The molecule has 1 aromatic heterocycles. The molecule has 3 aromatic carbocycles. The molecule has 0 radical (unpaired) electrons. The first kappa shape index (κ1) is 26.8. The zero-order valence-electron chi connectivity index (χ0n) is 21.9. The molecule has 2 heterocycles. The zero-order valence-corrected chi connectivity index (χ0v) is 22.7. The minimum absolute atomic E-state index is 0.0634. The number of aromatic nitrogens is 3. The number of thioether (sulfide) groups is 1. The number of halogens is 1. The van der Waals surface area contributed by atoms with Gasteiger partial charge in [-0.3, -0.25) is 9.69 Å². The van der Waals surface area contributed by atoms with E-state index in [0.29, 0.717) is 28.5 Å². The van der Waals surface area contributed by atoms with Gasteiger partial charge in [-0.15, -0.1) is 5.10 Å². The average molecular weight is 554 g/mol. The molecule has 1 N–H and O–H groups in total. The first-order chi connectivity index (χ1) is 19.2. The van der Waals surface area contributed by atoms with Gasteiger partial charge in [0.2, 0.25) is 5.91 Å². The predicted octanol–water partition coefficient (Wildman–Crippen LogP) is 6.72. The maximum atomic E-state index is 15.0. The Bertz CT molecular complexity index is 1690. The third-order valence-electron chi connectivity index (χ3n) is 6.22. The summed E-state index contributed by atoms with van der Waals surface area (Å²) < 4.78 is 16.5. The highest BCUT2D eigenvalue weighted by molar-refractivity contribution is 8.15. The molecule has 0 aliphatic carbocycles. The summed E-state index contributed by atoms with van der Waals surface area (Å²) in [5.74, 6) is -0.251. The van der Waals surface area contributed by atoms with Crippen molar-refractivity contribution >= 4 is 45.9 Å². The number of nitrogens with zero attached hydrogens (tertiary/aromatic N) is 6. The molecule has 0 atom stereocenters. The van der Waals surface area contributed by atoms with Gasteiger partial charge < -0.3 is 5.32 Å². The summed E-state index contributed by atoms with van der Waals surface area (Å²) in [7, 11) is 0. The van der Waals surface area contributed by atoms with Gasteiger partial charge in [-0.25, -0.2) is 23.7 Å². The third-order valence-corrected chi connectivity index (χ3v) is 7.14. The van der Waals surface area contributed by atoms with E-state index in [0.717, 1.165) is 22.9 Å². The second-order valence-electron chi connectivity index (χ2n) is 9.39. The lowest BCUT2D eigenvalue weighted by molar-refractivity contribution is -0.115. The Balaban J connectivity index is 1.34. The van der Waals surface area contributed by atoms with Crippen molar-refractivity contribution in [1.29, 1.82) is 0 Å². The molecule has 11 heteroatoms. The lowest BCUT2D eigenvalue weighted by Crippen LogP contribution is -2.31. The number of anilines is 2. The lowest BCUT2D eigenvalue weighted by Gasteiger charge is -2.22. The summed E-state index contributed by atoms with van der Waals surface area (Å²) in [6.45, 7) is 13.1. The summed E-state index contributed by atoms with van der Waals surface area (Å²) in [4.78, 5) is 38.7. The minimum Gasteiger partial charge on any atom is -0.303 e. The van der Waals surface area contributed by atoms with Crippen LogP contribution in [-0.2, 0) is 4.79 Å². The third kappa shape index (κ3) is 5.48. The number of carbonyl (C=O) groups excluding carboxylic acids is 2. The molecule has 1 saturated heterocycles. The monoisotopic (exact) mass is 553 g/mol. The molecule has 5 rings (SSSR count). The van der Waals surface area contributed by atoms with Crippen molar-refractivity contribution in [1.82, 2.24) is 14.8 Å². The molecule has 0 spiro atoms. The van der Waals surface area contributed by atoms with E-state index >= 15 is 0 Å². The van der Waals surface area contributed by atoms with Crippen molar-refractivity contribution in [2.75, 3.05) is 16.0 Å². The van der Waals surface area contributed by atoms with Gasteiger partial charge >= 0.3 is 6.03 Å². The number of nitrogens with one attached hydrogen (secondary N) is 1. The van der Waals surface area contributed by atoms with Gasteiger partial charge in [-0.05, 0) is 60.4 Å². The van der Waals surface area contributed by atoms with Crippen LogP contribution in [0.4, 0.5) is 26.2 Å². The van der Waals surface area contributed by atoms with E-state index in [2.05, 4.69) is 25.2 Å². The summed E-state index contributed by atoms with van der Waals surface area (Å²) in [5, 5.41) is 7.10. The number of aryl methyl sites for hydroxylation is 1. The Kier molecular flexibility index (Phi) is 7.44. The van der Waals surface area contributed by atoms with Crippen LogP contribution >= 0.6 is 11.8 Å². The van der Waals surface area contributed by atoms with Crippen LogP contribution in [0.2, 0.25) is 0 Å². The Hall–Kier alpha value is -4.82. The first-order valence-electron chi connectivity index (χ1n) is 12.4. The molecular formula is C29H24FN7O2S. The van der Waals surface area contributed by atoms with Crippen LogP contribution in [-0.4, -0.2) is 37.6 Å². The molecule has 4 aromatic rings. The van der Waals surface area contributed by atoms with Crippen molar-refractivity contribution in [3.63, 3.8) is 0 Å². The van der Waals surface area contributed by atoms with Crippen molar-refractivity contribution < 1.29 is 14.0 Å². The fraction of sp³-hybridized carbons (Fsp3) is 0.172. The second-order valence-corrected chi connectivity index (χ2v) is 10.3. The molecule has 40 heavy (non-hydrogen) atoms. The molecule has 1 fully saturated rings. The number of amides is 3. The molecule has 0 unspecified atom stereocenters. The highest BCUT2D eigenvalue weighted by atomic mass is 32.2. The summed E-state index contributed by atoms with van der Waals surface area (Å²) >= 11 is 1.16. The standard InChI is InChI=1S/C29H24FN7O2S/c1-17(2)22-11-5-18(3)13-25(22)37-26(38)15-40-29(37)34-28(39)33-24-12-6-19(14-23(24)30)27-32-16-36(35-27)21-9-7-20(31-4)8-10-21/h5-14,16-17H,15H2,1-3H3,(H,33,39)/b34-29-. The van der Waals surface area contributed by atoms with Crippen LogP contribution in [0, 0.1) is 19.3 Å². The van der Waals surface area contributed by atoms with Gasteiger partial charge in [0.1, 0.15) is 12.1 Å². The summed E-state index contributed by atoms with van der Waals surface area (Å²) in [5.41, 5.74) is 4.21. The van der Waals surface area contributed by atoms with Crippen molar-refractivity contribution in [2.45, 2.75) is 26.7 Å². The van der Waals surface area contributed by atoms with Gasteiger partial charge in [-0.2, -0.15) is 4.99 Å². The quantitative estimate of drug-likeness (QED) is 0.277. The van der Waals surface area contributed by atoms with Crippen LogP contribution in [0.1, 0.15) is 30.9 Å². The number of aliphatic imine (C=N–C) groups is 1. The number of hydrogen-bond donors (Lipinski definition) is 1. The number of urea groups is 1. The Morgan fingerprint density at radius 2 is 1.93 bits per heavy atom.